The van der Waals surface area contributed by atoms with E-state index in [9.17, 15) is 114 Å². The molecule has 0 aliphatic rings. The van der Waals surface area contributed by atoms with Crippen molar-refractivity contribution in [2.45, 2.75) is 97.3 Å². The Kier molecular flexibility index (Phi) is 11.5. The van der Waals surface area contributed by atoms with E-state index in [2.05, 4.69) is 4.74 Å². The molecular formula is C18H12F26O. The van der Waals surface area contributed by atoms with Crippen molar-refractivity contribution >= 4 is 0 Å². The summed E-state index contributed by atoms with van der Waals surface area (Å²) in [5.74, 6) is -45.5. The van der Waals surface area contributed by atoms with E-state index >= 15 is 0 Å². The highest BCUT2D eigenvalue weighted by molar-refractivity contribution is 5.15. The number of alkyl halides is 26. The van der Waals surface area contributed by atoms with Crippen LogP contribution < -0.4 is 0 Å². The molecule has 0 saturated heterocycles. The maximum Gasteiger partial charge on any atom is 0.438 e. The largest absolute Gasteiger partial charge is 0.438 e. The second-order valence-electron chi connectivity index (χ2n) is 8.83. The van der Waals surface area contributed by atoms with Gasteiger partial charge in [0.2, 0.25) is 0 Å². The van der Waals surface area contributed by atoms with Crippen molar-refractivity contribution < 1.29 is 119 Å². The van der Waals surface area contributed by atoms with E-state index in [0.717, 1.165) is 0 Å². The molecule has 0 aromatic carbocycles. The van der Waals surface area contributed by atoms with Gasteiger partial charge in [0.05, 0.1) is 0 Å². The number of rotatable bonds is 14. The Labute approximate surface area is 230 Å². The molecular weight excluding hydrogens is 726 g/mol. The molecule has 0 radical (unpaired) electrons. The Morgan fingerprint density at radius 3 is 0.667 bits per heavy atom. The molecule has 0 N–H and O–H groups in total. The van der Waals surface area contributed by atoms with Crippen LogP contribution in [0.25, 0.3) is 0 Å². The van der Waals surface area contributed by atoms with Crippen molar-refractivity contribution in [3.63, 3.8) is 0 Å². The Morgan fingerprint density at radius 1 is 0.289 bits per heavy atom. The van der Waals surface area contributed by atoms with Crippen LogP contribution in [0.3, 0.4) is 0 Å². The summed E-state index contributed by atoms with van der Waals surface area (Å²) < 4.78 is 342. The van der Waals surface area contributed by atoms with Gasteiger partial charge in [0.1, 0.15) is 0 Å². The van der Waals surface area contributed by atoms with Gasteiger partial charge in [0.15, 0.2) is 0 Å². The van der Waals surface area contributed by atoms with Gasteiger partial charge in [-0.2, -0.15) is 105 Å². The first-order valence-corrected chi connectivity index (χ1v) is 10.7. The lowest BCUT2D eigenvalue weighted by Crippen LogP contribution is -2.73. The summed E-state index contributed by atoms with van der Waals surface area (Å²) in [5.41, 5.74) is -16.5. The minimum Gasteiger partial charge on any atom is -0.381 e. The topological polar surface area (TPSA) is 9.23 Å². The molecule has 0 aliphatic heterocycles. The lowest BCUT2D eigenvalue weighted by atomic mass is 9.86. The molecule has 0 amide bonds. The third-order valence-corrected chi connectivity index (χ3v) is 5.69. The van der Waals surface area contributed by atoms with E-state index in [1.54, 1.807) is 0 Å². The van der Waals surface area contributed by atoms with Crippen LogP contribution in [-0.4, -0.2) is 84.8 Å². The van der Waals surface area contributed by atoms with Crippen LogP contribution in [0.1, 0.15) is 25.7 Å². The molecule has 27 heteroatoms. The number of hydrogen-bond donors (Lipinski definition) is 0. The van der Waals surface area contributed by atoms with Crippen LogP contribution >= 0.6 is 0 Å². The van der Waals surface area contributed by atoms with Crippen LogP contribution in [0.15, 0.2) is 0 Å². The molecule has 0 fully saturated rings. The molecule has 1 nitrogen and oxygen atoms in total. The van der Waals surface area contributed by atoms with Gasteiger partial charge >= 0.3 is 71.6 Å². The molecule has 0 saturated carbocycles. The van der Waals surface area contributed by atoms with Gasteiger partial charge < -0.3 is 4.74 Å². The van der Waals surface area contributed by atoms with Crippen molar-refractivity contribution in [1.82, 2.24) is 0 Å². The van der Waals surface area contributed by atoms with E-state index in [-0.39, 0.29) is 0 Å². The zero-order valence-corrected chi connectivity index (χ0v) is 20.5. The van der Waals surface area contributed by atoms with Gasteiger partial charge in [0.25, 0.3) is 0 Å². The number of halogens is 26. The number of ether oxygens (including phenoxy) is 1. The van der Waals surface area contributed by atoms with E-state index in [4.69, 9.17) is 0 Å². The normalized spacial score (nSPS) is 16.4. The van der Waals surface area contributed by atoms with Crippen molar-refractivity contribution in [3.8, 4) is 0 Å². The zero-order chi connectivity index (χ0) is 36.9. The van der Waals surface area contributed by atoms with Crippen LogP contribution in [0.4, 0.5) is 114 Å². The summed E-state index contributed by atoms with van der Waals surface area (Å²) in [5, 5.41) is 0. The Morgan fingerprint density at radius 2 is 0.489 bits per heavy atom. The molecule has 45 heavy (non-hydrogen) atoms. The summed E-state index contributed by atoms with van der Waals surface area (Å²) in [7, 11) is 0. The third kappa shape index (κ3) is 6.77. The Balaban J connectivity index is 5.58. The third-order valence-electron chi connectivity index (χ3n) is 5.69. The number of hydrogen-bond acceptors (Lipinski definition) is 1. The Hall–Kier alpha value is -1.86. The average molecular weight is 738 g/mol. The van der Waals surface area contributed by atoms with Crippen LogP contribution in [0.5, 0.6) is 0 Å². The van der Waals surface area contributed by atoms with Gasteiger partial charge in [-0.05, 0) is 12.8 Å². The van der Waals surface area contributed by atoms with Crippen molar-refractivity contribution in [3.05, 3.63) is 0 Å². The standard InChI is InChI=1S/C18H12F26O/c19-7(20,11(25,26)13(29,30)9(23,15(33,34)35)16(36,37)38)3-1-5-45-6-2-4-8(21,22)12(27,28)14(31,32)10(24,17(39,40)41)18(42,43)44/h1-6H2. The predicted octanol–water partition coefficient (Wildman–Crippen LogP) is 10.0. The quantitative estimate of drug-likeness (QED) is 0.127. The summed E-state index contributed by atoms with van der Waals surface area (Å²) in [6.07, 6.45) is -41.5. The first-order valence-electron chi connectivity index (χ1n) is 10.7. The molecule has 0 heterocycles. The van der Waals surface area contributed by atoms with Crippen LogP contribution in [0.2, 0.25) is 0 Å². The molecule has 0 aromatic rings. The SMILES string of the molecule is FC(F)(F)C(F)(C(F)(F)F)C(F)(F)C(F)(F)C(F)(F)CCCOCCCC(F)(F)C(F)(F)C(F)(F)C(F)(C(F)(F)F)C(F)(F)F. The monoisotopic (exact) mass is 738 g/mol. The maximum atomic E-state index is 13.6. The second kappa shape index (κ2) is 12.0. The minimum atomic E-state index is -8.27. The lowest BCUT2D eigenvalue weighted by molar-refractivity contribution is -0.445. The van der Waals surface area contributed by atoms with Gasteiger partial charge in [0, 0.05) is 26.1 Å². The highest BCUT2D eigenvalue weighted by atomic mass is 19.4. The van der Waals surface area contributed by atoms with Crippen molar-refractivity contribution in [1.29, 1.82) is 0 Å². The molecule has 0 atom stereocenters. The second-order valence-corrected chi connectivity index (χ2v) is 8.83. The first kappa shape index (κ1) is 43.1. The fourth-order valence-electron chi connectivity index (χ4n) is 3.13. The molecule has 0 bridgehead atoms. The summed E-state index contributed by atoms with van der Waals surface area (Å²) in [4.78, 5) is 0. The smallest absolute Gasteiger partial charge is 0.381 e. The van der Waals surface area contributed by atoms with Crippen LogP contribution in [0, 0.1) is 0 Å². The summed E-state index contributed by atoms with van der Waals surface area (Å²) in [6.45, 7) is -3.35. The van der Waals surface area contributed by atoms with Gasteiger partial charge in [-0.1, -0.05) is 0 Å². The predicted molar refractivity (Wildman–Crippen MR) is 90.9 cm³/mol. The average Bonchev–Trinajstić information content (AvgIpc) is 2.78. The van der Waals surface area contributed by atoms with E-state index in [0.29, 0.717) is 0 Å². The lowest BCUT2D eigenvalue weighted by Gasteiger charge is -2.41. The van der Waals surface area contributed by atoms with Crippen molar-refractivity contribution in [2.24, 2.45) is 0 Å². The zero-order valence-electron chi connectivity index (χ0n) is 20.5. The fourth-order valence-corrected chi connectivity index (χ4v) is 3.13. The maximum absolute atomic E-state index is 13.6. The summed E-state index contributed by atoms with van der Waals surface area (Å²) >= 11 is 0. The minimum absolute atomic E-state index is 1.68. The highest BCUT2D eigenvalue weighted by Gasteiger charge is 2.94. The molecule has 0 unspecified atom stereocenters. The highest BCUT2D eigenvalue weighted by Crippen LogP contribution is 2.64. The molecule has 0 rings (SSSR count). The molecule has 0 spiro atoms. The van der Waals surface area contributed by atoms with Gasteiger partial charge in [-0.15, -0.1) is 0 Å². The van der Waals surface area contributed by atoms with Crippen molar-refractivity contribution in [2.75, 3.05) is 13.2 Å². The molecule has 0 aliphatic carbocycles. The molecule has 272 valence electrons. The fraction of sp³-hybridized carbons (Fsp3) is 1.00. The Bertz CT molecular complexity index is 874. The summed E-state index contributed by atoms with van der Waals surface area (Å²) in [6, 6.07) is 0. The molecule has 0 aromatic heterocycles. The first-order chi connectivity index (χ1) is 19.2. The van der Waals surface area contributed by atoms with E-state index in [1.807, 2.05) is 0 Å². The van der Waals surface area contributed by atoms with E-state index < -0.39 is 110 Å². The van der Waals surface area contributed by atoms with Gasteiger partial charge in [-0.25, -0.2) is 8.78 Å². The van der Waals surface area contributed by atoms with Gasteiger partial charge in [-0.3, -0.25) is 0 Å². The van der Waals surface area contributed by atoms with E-state index in [1.165, 1.54) is 0 Å². The van der Waals surface area contributed by atoms with Crippen LogP contribution in [-0.2, 0) is 4.74 Å².